The third-order valence-electron chi connectivity index (χ3n) is 3.36. The molecule has 0 aromatic heterocycles. The van der Waals surface area contributed by atoms with Crippen molar-refractivity contribution >= 4 is 27.3 Å². The van der Waals surface area contributed by atoms with E-state index >= 15 is 0 Å². The summed E-state index contributed by atoms with van der Waals surface area (Å²) in [6.45, 7) is 3.91. The monoisotopic (exact) mass is 348 g/mol. The van der Waals surface area contributed by atoms with Crippen LogP contribution in [0.3, 0.4) is 0 Å². The molecule has 2 aromatic carbocycles. The van der Waals surface area contributed by atoms with Crippen LogP contribution in [-0.4, -0.2) is 4.92 Å². The first-order valence-electron chi connectivity index (χ1n) is 6.78. The highest BCUT2D eigenvalue weighted by molar-refractivity contribution is 9.10. The lowest BCUT2D eigenvalue weighted by atomic mass is 10.0. The van der Waals surface area contributed by atoms with Gasteiger partial charge in [-0.25, -0.2) is 0 Å². The molecule has 4 nitrogen and oxygen atoms in total. The highest BCUT2D eigenvalue weighted by Crippen LogP contribution is 2.30. The van der Waals surface area contributed by atoms with Crippen molar-refractivity contribution in [3.63, 3.8) is 0 Å². The largest absolute Gasteiger partial charge is 0.373 e. The van der Waals surface area contributed by atoms with Crippen LogP contribution in [0.25, 0.3) is 0 Å². The van der Waals surface area contributed by atoms with E-state index < -0.39 is 0 Å². The smallest absolute Gasteiger partial charge is 0.292 e. The third kappa shape index (κ3) is 3.82. The van der Waals surface area contributed by atoms with Crippen molar-refractivity contribution in [2.45, 2.75) is 26.3 Å². The molecule has 2 rings (SSSR count). The molecule has 0 aliphatic heterocycles. The van der Waals surface area contributed by atoms with Crippen LogP contribution in [0.4, 0.5) is 11.4 Å². The first-order valence-corrected chi connectivity index (χ1v) is 7.57. The van der Waals surface area contributed by atoms with Crippen molar-refractivity contribution in [1.82, 2.24) is 0 Å². The van der Waals surface area contributed by atoms with Crippen molar-refractivity contribution in [3.05, 3.63) is 68.2 Å². The minimum Gasteiger partial charge on any atom is -0.373 e. The zero-order valence-electron chi connectivity index (χ0n) is 12.0. The van der Waals surface area contributed by atoms with Crippen LogP contribution < -0.4 is 5.32 Å². The van der Waals surface area contributed by atoms with Crippen LogP contribution in [0, 0.1) is 17.0 Å². The number of benzene rings is 2. The molecule has 0 fully saturated rings. The quantitative estimate of drug-likeness (QED) is 0.594. The first kappa shape index (κ1) is 15.5. The van der Waals surface area contributed by atoms with Gasteiger partial charge in [-0.2, -0.15) is 0 Å². The second kappa shape index (κ2) is 6.72. The Kier molecular flexibility index (Phi) is 4.96. The molecule has 0 saturated carbocycles. The van der Waals surface area contributed by atoms with Gasteiger partial charge in [-0.15, -0.1) is 0 Å². The summed E-state index contributed by atoms with van der Waals surface area (Å²) in [5.41, 5.74) is 2.66. The van der Waals surface area contributed by atoms with Crippen LogP contribution in [0.15, 0.2) is 46.9 Å². The van der Waals surface area contributed by atoms with Gasteiger partial charge in [-0.1, -0.05) is 41.1 Å². The Hall–Kier alpha value is -1.88. The topological polar surface area (TPSA) is 55.2 Å². The van der Waals surface area contributed by atoms with E-state index in [1.807, 2.05) is 37.3 Å². The standard InChI is InChI=1S/C16H17BrN2O2/c1-3-14(12-5-7-13(17)8-6-12)18-15-9-4-11(2)10-16(15)19(20)21/h4-10,14,18H,3H2,1-2H3. The molecule has 0 amide bonds. The predicted molar refractivity (Wildman–Crippen MR) is 88.6 cm³/mol. The lowest BCUT2D eigenvalue weighted by molar-refractivity contribution is -0.384. The summed E-state index contributed by atoms with van der Waals surface area (Å²) in [6, 6.07) is 13.3. The molecule has 110 valence electrons. The Balaban J connectivity index is 2.30. The van der Waals surface area contributed by atoms with Crippen molar-refractivity contribution in [1.29, 1.82) is 0 Å². The lowest BCUT2D eigenvalue weighted by Crippen LogP contribution is -2.11. The molecule has 0 aliphatic rings. The Bertz CT molecular complexity index is 641. The summed E-state index contributed by atoms with van der Waals surface area (Å²) in [6.07, 6.45) is 0.840. The molecule has 5 heteroatoms. The maximum absolute atomic E-state index is 11.2. The molecule has 1 unspecified atom stereocenters. The summed E-state index contributed by atoms with van der Waals surface area (Å²) >= 11 is 3.41. The van der Waals surface area contributed by atoms with Crippen LogP contribution >= 0.6 is 15.9 Å². The van der Waals surface area contributed by atoms with Gasteiger partial charge in [0, 0.05) is 10.5 Å². The summed E-state index contributed by atoms with van der Waals surface area (Å²) in [7, 11) is 0. The minimum absolute atomic E-state index is 0.0412. The summed E-state index contributed by atoms with van der Waals surface area (Å²) in [4.78, 5) is 10.8. The Labute approximate surface area is 132 Å². The van der Waals surface area contributed by atoms with Gasteiger partial charge in [-0.3, -0.25) is 10.1 Å². The predicted octanol–water partition coefficient (Wildman–Crippen LogP) is 5.23. The zero-order chi connectivity index (χ0) is 15.4. The van der Waals surface area contributed by atoms with E-state index in [0.29, 0.717) is 5.69 Å². The lowest BCUT2D eigenvalue weighted by Gasteiger charge is -2.19. The van der Waals surface area contributed by atoms with E-state index in [0.717, 1.165) is 22.0 Å². The van der Waals surface area contributed by atoms with Crippen LogP contribution in [0.2, 0.25) is 0 Å². The Morgan fingerprint density at radius 2 is 1.90 bits per heavy atom. The highest BCUT2D eigenvalue weighted by Gasteiger charge is 2.17. The van der Waals surface area contributed by atoms with E-state index in [4.69, 9.17) is 0 Å². The van der Waals surface area contributed by atoms with Crippen LogP contribution in [-0.2, 0) is 0 Å². The number of nitro groups is 1. The molecule has 2 aromatic rings. The van der Waals surface area contributed by atoms with Crippen molar-refractivity contribution in [2.24, 2.45) is 0 Å². The molecule has 0 spiro atoms. The third-order valence-corrected chi connectivity index (χ3v) is 3.89. The molecule has 1 atom stereocenters. The average Bonchev–Trinajstić information content (AvgIpc) is 2.47. The van der Waals surface area contributed by atoms with Crippen LogP contribution in [0.1, 0.15) is 30.5 Å². The SMILES string of the molecule is CCC(Nc1ccc(C)cc1[N+](=O)[O-])c1ccc(Br)cc1. The molecule has 0 bridgehead atoms. The molecular weight excluding hydrogens is 332 g/mol. The number of aryl methyl sites for hydroxylation is 1. The number of anilines is 1. The van der Waals surface area contributed by atoms with Gasteiger partial charge in [0.15, 0.2) is 0 Å². The number of hydrogen-bond acceptors (Lipinski definition) is 3. The van der Waals surface area contributed by atoms with Gasteiger partial charge in [0.25, 0.3) is 5.69 Å². The van der Waals surface area contributed by atoms with E-state index in [9.17, 15) is 10.1 Å². The van der Waals surface area contributed by atoms with Crippen LogP contribution in [0.5, 0.6) is 0 Å². The number of hydrogen-bond donors (Lipinski definition) is 1. The van der Waals surface area contributed by atoms with Gasteiger partial charge in [0.05, 0.1) is 11.0 Å². The second-order valence-electron chi connectivity index (χ2n) is 4.93. The normalized spacial score (nSPS) is 12.0. The Morgan fingerprint density at radius 1 is 1.24 bits per heavy atom. The molecule has 0 radical (unpaired) electrons. The Morgan fingerprint density at radius 3 is 2.48 bits per heavy atom. The first-order chi connectivity index (χ1) is 10.0. The molecule has 0 heterocycles. The maximum Gasteiger partial charge on any atom is 0.292 e. The van der Waals surface area contributed by atoms with E-state index in [2.05, 4.69) is 28.2 Å². The van der Waals surface area contributed by atoms with Crippen molar-refractivity contribution < 1.29 is 4.92 Å². The number of nitrogens with zero attached hydrogens (tertiary/aromatic N) is 1. The molecule has 0 saturated heterocycles. The molecular formula is C16H17BrN2O2. The summed E-state index contributed by atoms with van der Waals surface area (Å²) < 4.78 is 1.02. The maximum atomic E-state index is 11.2. The van der Waals surface area contributed by atoms with Gasteiger partial charge in [0.2, 0.25) is 0 Å². The number of nitro benzene ring substituents is 1. The van der Waals surface area contributed by atoms with E-state index in [-0.39, 0.29) is 16.7 Å². The fraction of sp³-hybridized carbons (Fsp3) is 0.250. The van der Waals surface area contributed by atoms with Gasteiger partial charge in [0.1, 0.15) is 5.69 Å². The zero-order valence-corrected chi connectivity index (χ0v) is 13.6. The number of nitrogens with one attached hydrogen (secondary N) is 1. The van der Waals surface area contributed by atoms with E-state index in [1.165, 1.54) is 0 Å². The minimum atomic E-state index is -0.344. The number of rotatable bonds is 5. The van der Waals surface area contributed by atoms with E-state index in [1.54, 1.807) is 12.1 Å². The molecule has 1 N–H and O–H groups in total. The number of halogens is 1. The van der Waals surface area contributed by atoms with Gasteiger partial charge < -0.3 is 5.32 Å². The fourth-order valence-electron chi connectivity index (χ4n) is 2.22. The average molecular weight is 349 g/mol. The van der Waals surface area contributed by atoms with Gasteiger partial charge >= 0.3 is 0 Å². The van der Waals surface area contributed by atoms with Crippen molar-refractivity contribution in [2.75, 3.05) is 5.32 Å². The van der Waals surface area contributed by atoms with Crippen molar-refractivity contribution in [3.8, 4) is 0 Å². The summed E-state index contributed by atoms with van der Waals surface area (Å²) in [5, 5.41) is 14.5. The molecule has 21 heavy (non-hydrogen) atoms. The van der Waals surface area contributed by atoms with Gasteiger partial charge in [-0.05, 0) is 42.7 Å². The molecule has 0 aliphatic carbocycles. The second-order valence-corrected chi connectivity index (χ2v) is 5.85. The highest BCUT2D eigenvalue weighted by atomic mass is 79.9. The summed E-state index contributed by atoms with van der Waals surface area (Å²) in [5.74, 6) is 0. The fourth-order valence-corrected chi connectivity index (χ4v) is 2.48.